The van der Waals surface area contributed by atoms with Gasteiger partial charge < -0.3 is 13.7 Å². The lowest BCUT2D eigenvalue weighted by Crippen LogP contribution is -2.45. The summed E-state index contributed by atoms with van der Waals surface area (Å²) in [5, 5.41) is 8.32. The van der Waals surface area contributed by atoms with Crippen LogP contribution in [0.3, 0.4) is 0 Å². The molecule has 6 nitrogen and oxygen atoms in total. The number of carbonyl (C=O) groups excluding carboxylic acids is 1. The van der Waals surface area contributed by atoms with Crippen LogP contribution in [0.5, 0.6) is 0 Å². The van der Waals surface area contributed by atoms with Gasteiger partial charge in [-0.3, -0.25) is 4.79 Å². The molecule has 2 aromatic heterocycles. The molecule has 0 spiro atoms. The Morgan fingerprint density at radius 1 is 1.25 bits per heavy atom. The van der Waals surface area contributed by atoms with Gasteiger partial charge in [0.15, 0.2) is 5.76 Å². The Balaban J connectivity index is 1.30. The molecule has 2 aromatic rings. The van der Waals surface area contributed by atoms with Crippen molar-refractivity contribution in [3.05, 3.63) is 18.4 Å². The Kier molecular flexibility index (Phi) is 4.60. The Morgan fingerprint density at radius 3 is 2.96 bits per heavy atom. The lowest BCUT2D eigenvalue weighted by Gasteiger charge is -2.41. The molecule has 2 aliphatic rings. The summed E-state index contributed by atoms with van der Waals surface area (Å²) in [6.45, 7) is 1.81. The molecule has 2 fully saturated rings. The third-order valence-corrected chi connectivity index (χ3v) is 5.90. The summed E-state index contributed by atoms with van der Waals surface area (Å²) < 4.78 is 10.8. The average molecular weight is 347 g/mol. The van der Waals surface area contributed by atoms with Crippen LogP contribution in [-0.4, -0.2) is 39.8 Å². The normalized spacial score (nSPS) is 23.9. The highest BCUT2D eigenvalue weighted by Gasteiger charge is 2.32. The van der Waals surface area contributed by atoms with Crippen molar-refractivity contribution in [2.24, 2.45) is 11.8 Å². The van der Waals surface area contributed by atoms with E-state index in [9.17, 15) is 4.79 Å². The summed E-state index contributed by atoms with van der Waals surface area (Å²) in [6.07, 6.45) is 8.02. The second-order valence-electron chi connectivity index (χ2n) is 6.57. The first-order valence-corrected chi connectivity index (χ1v) is 9.56. The number of thioether (sulfide) groups is 1. The van der Waals surface area contributed by atoms with Crippen LogP contribution in [0.2, 0.25) is 0 Å². The molecule has 1 saturated carbocycles. The van der Waals surface area contributed by atoms with Gasteiger partial charge in [-0.25, -0.2) is 0 Å². The predicted octanol–water partition coefficient (Wildman–Crippen LogP) is 3.46. The molecule has 1 aliphatic heterocycles. The average Bonchev–Trinajstić information content (AvgIpc) is 3.30. The van der Waals surface area contributed by atoms with Gasteiger partial charge in [0.2, 0.25) is 5.91 Å². The van der Waals surface area contributed by atoms with E-state index in [2.05, 4.69) is 10.2 Å². The third-order valence-electron chi connectivity index (χ3n) is 5.10. The summed E-state index contributed by atoms with van der Waals surface area (Å²) in [6, 6.07) is 3.53. The minimum absolute atomic E-state index is 0.168. The second-order valence-corrected chi connectivity index (χ2v) is 7.50. The molecule has 2 atom stereocenters. The Labute approximate surface area is 145 Å². The summed E-state index contributed by atoms with van der Waals surface area (Å²) in [5.41, 5.74) is 0. The Morgan fingerprint density at radius 2 is 2.12 bits per heavy atom. The Bertz CT molecular complexity index is 685. The Hall–Kier alpha value is -1.76. The molecule has 128 valence electrons. The van der Waals surface area contributed by atoms with Crippen molar-refractivity contribution in [3.63, 3.8) is 0 Å². The van der Waals surface area contributed by atoms with Gasteiger partial charge in [0, 0.05) is 13.1 Å². The van der Waals surface area contributed by atoms with Crippen LogP contribution in [0.4, 0.5) is 0 Å². The number of nitrogens with zero attached hydrogens (tertiary/aromatic N) is 3. The fraction of sp³-hybridized carbons (Fsp3) is 0.588. The van der Waals surface area contributed by atoms with E-state index >= 15 is 0 Å². The lowest BCUT2D eigenvalue weighted by atomic mass is 9.75. The standard InChI is InChI=1S/C17H21N3O3S/c21-15(20-8-7-12-4-1-2-5-13(12)10-20)11-24-17-19-18-16(23-17)14-6-3-9-22-14/h3,6,9,12-13H,1-2,4-5,7-8,10-11H2/t12-,13+/m1/s1. The maximum atomic E-state index is 12.5. The minimum atomic E-state index is 0.168. The van der Waals surface area contributed by atoms with Crippen molar-refractivity contribution in [2.45, 2.75) is 37.3 Å². The van der Waals surface area contributed by atoms with Crippen molar-refractivity contribution >= 4 is 17.7 Å². The minimum Gasteiger partial charge on any atom is -0.459 e. The first-order chi connectivity index (χ1) is 11.8. The van der Waals surface area contributed by atoms with E-state index in [1.165, 1.54) is 37.4 Å². The van der Waals surface area contributed by atoms with Gasteiger partial charge in [0.25, 0.3) is 11.1 Å². The van der Waals surface area contributed by atoms with Gasteiger partial charge in [-0.2, -0.15) is 0 Å². The molecular formula is C17H21N3O3S. The molecule has 0 unspecified atom stereocenters. The number of rotatable bonds is 4. The summed E-state index contributed by atoms with van der Waals surface area (Å²) in [4.78, 5) is 14.5. The lowest BCUT2D eigenvalue weighted by molar-refractivity contribution is -0.131. The van der Waals surface area contributed by atoms with Crippen molar-refractivity contribution in [1.82, 2.24) is 15.1 Å². The first kappa shape index (κ1) is 15.7. The van der Waals surface area contributed by atoms with Gasteiger partial charge in [0.1, 0.15) is 0 Å². The van der Waals surface area contributed by atoms with Gasteiger partial charge in [-0.15, -0.1) is 10.2 Å². The summed E-state index contributed by atoms with van der Waals surface area (Å²) in [7, 11) is 0. The van der Waals surface area contributed by atoms with Crippen LogP contribution < -0.4 is 0 Å². The molecule has 1 amide bonds. The van der Waals surface area contributed by atoms with Crippen LogP contribution in [0.1, 0.15) is 32.1 Å². The number of likely N-dealkylation sites (tertiary alicyclic amines) is 1. The molecule has 7 heteroatoms. The first-order valence-electron chi connectivity index (χ1n) is 8.57. The van der Waals surface area contributed by atoms with Crippen LogP contribution in [0.15, 0.2) is 32.5 Å². The van der Waals surface area contributed by atoms with E-state index in [0.29, 0.717) is 28.5 Å². The highest BCUT2D eigenvalue weighted by atomic mass is 32.2. The molecule has 24 heavy (non-hydrogen) atoms. The highest BCUT2D eigenvalue weighted by Crippen LogP contribution is 2.36. The molecular weight excluding hydrogens is 326 g/mol. The molecule has 0 bridgehead atoms. The smallest absolute Gasteiger partial charge is 0.284 e. The van der Waals surface area contributed by atoms with Crippen LogP contribution >= 0.6 is 11.8 Å². The third kappa shape index (κ3) is 3.36. The predicted molar refractivity (Wildman–Crippen MR) is 89.4 cm³/mol. The SMILES string of the molecule is O=C(CSc1nnc(-c2ccco2)o1)N1CC[C@H]2CCCC[C@H]2C1. The molecule has 0 radical (unpaired) electrons. The van der Waals surface area contributed by atoms with Crippen LogP contribution in [0, 0.1) is 11.8 Å². The zero-order valence-corrected chi connectivity index (χ0v) is 14.3. The topological polar surface area (TPSA) is 72.4 Å². The van der Waals surface area contributed by atoms with Crippen LogP contribution in [-0.2, 0) is 4.79 Å². The molecule has 1 saturated heterocycles. The van der Waals surface area contributed by atoms with E-state index < -0.39 is 0 Å². The number of piperidine rings is 1. The maximum absolute atomic E-state index is 12.5. The number of amides is 1. The zero-order valence-electron chi connectivity index (χ0n) is 13.5. The van der Waals surface area contributed by atoms with Gasteiger partial charge in [-0.1, -0.05) is 31.0 Å². The van der Waals surface area contributed by atoms with E-state index in [-0.39, 0.29) is 5.91 Å². The van der Waals surface area contributed by atoms with E-state index in [4.69, 9.17) is 8.83 Å². The van der Waals surface area contributed by atoms with Crippen molar-refractivity contribution in [1.29, 1.82) is 0 Å². The second kappa shape index (κ2) is 7.01. The van der Waals surface area contributed by atoms with Gasteiger partial charge in [-0.05, 0) is 36.8 Å². The largest absolute Gasteiger partial charge is 0.459 e. The zero-order chi connectivity index (χ0) is 16.4. The number of furan rings is 1. The van der Waals surface area contributed by atoms with E-state index in [1.54, 1.807) is 18.4 Å². The number of hydrogen-bond donors (Lipinski definition) is 0. The number of hydrogen-bond acceptors (Lipinski definition) is 6. The summed E-state index contributed by atoms with van der Waals surface area (Å²) in [5.74, 6) is 2.94. The number of aromatic nitrogens is 2. The fourth-order valence-corrected chi connectivity index (χ4v) is 4.48. The molecule has 3 heterocycles. The molecule has 4 rings (SSSR count). The fourth-order valence-electron chi connectivity index (χ4n) is 3.81. The van der Waals surface area contributed by atoms with Crippen LogP contribution in [0.25, 0.3) is 11.7 Å². The van der Waals surface area contributed by atoms with Gasteiger partial charge in [0.05, 0.1) is 12.0 Å². The monoisotopic (exact) mass is 347 g/mol. The van der Waals surface area contributed by atoms with Crippen molar-refractivity contribution < 1.29 is 13.6 Å². The van der Waals surface area contributed by atoms with Crippen molar-refractivity contribution in [2.75, 3.05) is 18.8 Å². The maximum Gasteiger partial charge on any atom is 0.284 e. The quantitative estimate of drug-likeness (QED) is 0.789. The molecule has 1 aliphatic carbocycles. The number of fused-ring (bicyclic) bond motifs is 1. The molecule has 0 aromatic carbocycles. The highest BCUT2D eigenvalue weighted by molar-refractivity contribution is 7.99. The van der Waals surface area contributed by atoms with Gasteiger partial charge >= 0.3 is 0 Å². The van der Waals surface area contributed by atoms with E-state index in [1.807, 2.05) is 4.90 Å². The number of carbonyl (C=O) groups is 1. The van der Waals surface area contributed by atoms with Crippen molar-refractivity contribution in [3.8, 4) is 11.7 Å². The van der Waals surface area contributed by atoms with E-state index in [0.717, 1.165) is 25.4 Å². The summed E-state index contributed by atoms with van der Waals surface area (Å²) >= 11 is 1.30. The molecule has 0 N–H and O–H groups in total.